The van der Waals surface area contributed by atoms with Gasteiger partial charge in [-0.25, -0.2) is 0 Å². The summed E-state index contributed by atoms with van der Waals surface area (Å²) in [5.74, 6) is 0. The zero-order valence-electron chi connectivity index (χ0n) is 13.5. The van der Waals surface area contributed by atoms with Crippen molar-refractivity contribution >= 4 is 8.56 Å². The second kappa shape index (κ2) is 7.58. The Bertz CT molecular complexity index is 380. The third kappa shape index (κ3) is 3.63. The summed E-state index contributed by atoms with van der Waals surface area (Å²) in [6.45, 7) is 2.21. The Balaban J connectivity index is 2.38. The molecule has 2 aliphatic rings. The first kappa shape index (κ1) is 16.0. The Labute approximate surface area is 125 Å². The first-order chi connectivity index (χ1) is 9.71. The lowest BCUT2D eigenvalue weighted by Crippen LogP contribution is -2.40. The molecular formula is C17H30O2Si. The van der Waals surface area contributed by atoms with Gasteiger partial charge in [0, 0.05) is 14.2 Å². The van der Waals surface area contributed by atoms with Gasteiger partial charge in [-0.15, -0.1) is 0 Å². The molecule has 0 amide bonds. The lowest BCUT2D eigenvalue weighted by Gasteiger charge is -2.29. The molecule has 0 unspecified atom stereocenters. The predicted octanol–water partition coefficient (Wildman–Crippen LogP) is 5.04. The molecule has 0 saturated heterocycles. The molecule has 20 heavy (non-hydrogen) atoms. The SMILES string of the molecule is CO[Si](C)(OC)C1=C(C2=CCCCCC2)CCCCC1. The molecule has 0 aliphatic heterocycles. The summed E-state index contributed by atoms with van der Waals surface area (Å²) in [4.78, 5) is 0. The van der Waals surface area contributed by atoms with Gasteiger partial charge in [-0.2, -0.15) is 0 Å². The molecule has 2 rings (SSSR count). The molecular weight excluding hydrogens is 264 g/mol. The highest BCUT2D eigenvalue weighted by Gasteiger charge is 2.37. The first-order valence-electron chi connectivity index (χ1n) is 8.23. The van der Waals surface area contributed by atoms with E-state index >= 15 is 0 Å². The van der Waals surface area contributed by atoms with Crippen molar-refractivity contribution in [2.45, 2.75) is 70.8 Å². The van der Waals surface area contributed by atoms with Crippen LogP contribution in [0.5, 0.6) is 0 Å². The van der Waals surface area contributed by atoms with Gasteiger partial charge < -0.3 is 8.85 Å². The molecule has 0 N–H and O–H groups in total. The second-order valence-electron chi connectivity index (χ2n) is 6.20. The summed E-state index contributed by atoms with van der Waals surface area (Å²) < 4.78 is 11.7. The van der Waals surface area contributed by atoms with Crippen molar-refractivity contribution in [3.05, 3.63) is 22.4 Å². The van der Waals surface area contributed by atoms with Crippen molar-refractivity contribution in [1.82, 2.24) is 0 Å². The molecule has 0 aromatic carbocycles. The van der Waals surface area contributed by atoms with Crippen LogP contribution in [-0.2, 0) is 8.85 Å². The minimum Gasteiger partial charge on any atom is -0.395 e. The van der Waals surface area contributed by atoms with E-state index in [0.29, 0.717) is 0 Å². The van der Waals surface area contributed by atoms with Crippen molar-refractivity contribution in [2.24, 2.45) is 0 Å². The molecule has 0 spiro atoms. The Morgan fingerprint density at radius 3 is 2.25 bits per heavy atom. The molecule has 2 nitrogen and oxygen atoms in total. The third-order valence-corrected chi connectivity index (χ3v) is 8.18. The molecule has 0 aromatic rings. The standard InChI is InChI=1S/C17H30O2Si/c1-18-20(3,19-2)17-14-10-6-9-13-16(17)15-11-7-4-5-8-12-15/h11H,4-10,12-14H2,1-3H3. The van der Waals surface area contributed by atoms with E-state index in [9.17, 15) is 0 Å². The van der Waals surface area contributed by atoms with Crippen molar-refractivity contribution in [3.63, 3.8) is 0 Å². The van der Waals surface area contributed by atoms with Gasteiger partial charge in [-0.3, -0.25) is 0 Å². The summed E-state index contributed by atoms with van der Waals surface area (Å²) in [7, 11) is 1.50. The highest BCUT2D eigenvalue weighted by molar-refractivity contribution is 6.73. The predicted molar refractivity (Wildman–Crippen MR) is 86.9 cm³/mol. The number of allylic oxidation sites excluding steroid dienone is 4. The summed E-state index contributed by atoms with van der Waals surface area (Å²) in [6.07, 6.45) is 15.5. The van der Waals surface area contributed by atoms with Gasteiger partial charge in [-0.05, 0) is 74.3 Å². The fourth-order valence-corrected chi connectivity index (χ4v) is 5.68. The van der Waals surface area contributed by atoms with Crippen LogP contribution in [0.25, 0.3) is 0 Å². The molecule has 0 fully saturated rings. The van der Waals surface area contributed by atoms with Gasteiger partial charge in [0.05, 0.1) is 0 Å². The van der Waals surface area contributed by atoms with Crippen LogP contribution in [-0.4, -0.2) is 22.8 Å². The smallest absolute Gasteiger partial charge is 0.364 e. The van der Waals surface area contributed by atoms with Crippen LogP contribution in [0.2, 0.25) is 6.55 Å². The van der Waals surface area contributed by atoms with Gasteiger partial charge in [-0.1, -0.05) is 18.9 Å². The van der Waals surface area contributed by atoms with Crippen LogP contribution in [0.1, 0.15) is 64.2 Å². The van der Waals surface area contributed by atoms with Crippen molar-refractivity contribution in [1.29, 1.82) is 0 Å². The van der Waals surface area contributed by atoms with Crippen molar-refractivity contribution in [2.75, 3.05) is 14.2 Å². The summed E-state index contributed by atoms with van der Waals surface area (Å²) >= 11 is 0. The topological polar surface area (TPSA) is 18.5 Å². The number of hydrogen-bond acceptors (Lipinski definition) is 2. The first-order valence-corrected chi connectivity index (χ1v) is 10.5. The molecule has 0 saturated carbocycles. The van der Waals surface area contributed by atoms with Gasteiger partial charge in [0.25, 0.3) is 0 Å². The molecule has 114 valence electrons. The van der Waals surface area contributed by atoms with Crippen LogP contribution in [0, 0.1) is 0 Å². The maximum Gasteiger partial charge on any atom is 0.364 e. The van der Waals surface area contributed by atoms with Gasteiger partial charge in [0.2, 0.25) is 0 Å². The highest BCUT2D eigenvalue weighted by Crippen LogP contribution is 2.37. The maximum atomic E-state index is 5.87. The van der Waals surface area contributed by atoms with E-state index in [1.807, 2.05) is 14.2 Å². The van der Waals surface area contributed by atoms with E-state index in [-0.39, 0.29) is 0 Å². The van der Waals surface area contributed by atoms with E-state index in [0.717, 1.165) is 0 Å². The van der Waals surface area contributed by atoms with Gasteiger partial charge in [0.15, 0.2) is 0 Å². The Morgan fingerprint density at radius 1 is 0.850 bits per heavy atom. The van der Waals surface area contributed by atoms with Gasteiger partial charge in [0.1, 0.15) is 0 Å². The number of rotatable bonds is 4. The van der Waals surface area contributed by atoms with Crippen molar-refractivity contribution < 1.29 is 8.85 Å². The lowest BCUT2D eigenvalue weighted by atomic mass is 9.97. The lowest BCUT2D eigenvalue weighted by molar-refractivity contribution is 0.258. The van der Waals surface area contributed by atoms with E-state index in [1.165, 1.54) is 69.4 Å². The minimum atomic E-state index is -2.15. The highest BCUT2D eigenvalue weighted by atomic mass is 28.4. The maximum absolute atomic E-state index is 5.87. The van der Waals surface area contributed by atoms with E-state index in [2.05, 4.69) is 12.6 Å². The summed E-state index contributed by atoms with van der Waals surface area (Å²) in [6, 6.07) is 0. The van der Waals surface area contributed by atoms with Crippen LogP contribution in [0.3, 0.4) is 0 Å². The Kier molecular flexibility index (Phi) is 6.06. The van der Waals surface area contributed by atoms with E-state index < -0.39 is 8.56 Å². The van der Waals surface area contributed by atoms with Crippen LogP contribution in [0.15, 0.2) is 22.4 Å². The monoisotopic (exact) mass is 294 g/mol. The Hall–Kier alpha value is -0.383. The number of hydrogen-bond donors (Lipinski definition) is 0. The largest absolute Gasteiger partial charge is 0.395 e. The second-order valence-corrected chi connectivity index (χ2v) is 9.51. The van der Waals surface area contributed by atoms with Crippen LogP contribution in [0.4, 0.5) is 0 Å². The summed E-state index contributed by atoms with van der Waals surface area (Å²) in [5.41, 5.74) is 3.23. The fourth-order valence-electron chi connectivity index (χ4n) is 3.56. The molecule has 0 heterocycles. The van der Waals surface area contributed by atoms with Crippen molar-refractivity contribution in [3.8, 4) is 0 Å². The fraction of sp³-hybridized carbons (Fsp3) is 0.765. The normalized spacial score (nSPS) is 22.2. The Morgan fingerprint density at radius 2 is 1.50 bits per heavy atom. The third-order valence-electron chi connectivity index (χ3n) is 4.97. The van der Waals surface area contributed by atoms with E-state index in [4.69, 9.17) is 8.85 Å². The average molecular weight is 295 g/mol. The molecule has 0 bridgehead atoms. The van der Waals surface area contributed by atoms with Gasteiger partial charge >= 0.3 is 8.56 Å². The van der Waals surface area contributed by atoms with E-state index in [1.54, 1.807) is 11.1 Å². The zero-order chi connectivity index (χ0) is 14.4. The zero-order valence-corrected chi connectivity index (χ0v) is 14.5. The molecule has 0 atom stereocenters. The molecule has 3 heteroatoms. The summed E-state index contributed by atoms with van der Waals surface area (Å²) in [5, 5.41) is 1.54. The van der Waals surface area contributed by atoms with Crippen LogP contribution < -0.4 is 0 Å². The average Bonchev–Trinajstić information content (AvgIpc) is 2.88. The molecule has 0 aromatic heterocycles. The van der Waals surface area contributed by atoms with Crippen LogP contribution >= 0.6 is 0 Å². The minimum absolute atomic E-state index is 1.18. The molecule has 0 radical (unpaired) electrons. The molecule has 2 aliphatic carbocycles. The quantitative estimate of drug-likeness (QED) is 0.676.